The quantitative estimate of drug-likeness (QED) is 0.851. The first kappa shape index (κ1) is 15.3. The van der Waals surface area contributed by atoms with E-state index in [-0.39, 0.29) is 5.91 Å². The lowest BCUT2D eigenvalue weighted by molar-refractivity contribution is 0.0746. The van der Waals surface area contributed by atoms with Crippen LogP contribution >= 0.6 is 11.6 Å². The summed E-state index contributed by atoms with van der Waals surface area (Å²) in [6.45, 7) is 2.52. The minimum atomic E-state index is 0.00263. The van der Waals surface area contributed by atoms with E-state index in [2.05, 4.69) is 11.1 Å². The predicted molar refractivity (Wildman–Crippen MR) is 88.5 cm³/mol. The number of carbonyl (C=O) groups is 1. The van der Waals surface area contributed by atoms with Gasteiger partial charge < -0.3 is 9.80 Å². The highest BCUT2D eigenvalue weighted by Crippen LogP contribution is 2.19. The zero-order valence-corrected chi connectivity index (χ0v) is 13.2. The lowest BCUT2D eigenvalue weighted by Gasteiger charge is -2.35. The van der Waals surface area contributed by atoms with Crippen molar-refractivity contribution in [1.82, 2.24) is 9.88 Å². The van der Waals surface area contributed by atoms with Crippen LogP contribution in [0.5, 0.6) is 0 Å². The van der Waals surface area contributed by atoms with Gasteiger partial charge in [0.05, 0.1) is 5.56 Å². The van der Waals surface area contributed by atoms with Crippen molar-refractivity contribution in [3.8, 4) is 6.07 Å². The Morgan fingerprint density at radius 3 is 2.48 bits per heavy atom. The Morgan fingerprint density at radius 1 is 1.13 bits per heavy atom. The Balaban J connectivity index is 1.68. The highest BCUT2D eigenvalue weighted by atomic mass is 35.5. The maximum atomic E-state index is 12.5. The summed E-state index contributed by atoms with van der Waals surface area (Å²) >= 11 is 5.85. The first-order valence-electron chi connectivity index (χ1n) is 7.34. The summed E-state index contributed by atoms with van der Waals surface area (Å²) in [4.78, 5) is 20.6. The van der Waals surface area contributed by atoms with Crippen molar-refractivity contribution < 1.29 is 4.79 Å². The number of nitrogens with zero attached hydrogens (tertiary/aromatic N) is 4. The standard InChI is InChI=1S/C17H15ClN4O/c18-15-5-3-13(4-6-15)17(23)22-10-8-21(9-11-22)16-14(12-19)2-1-7-20-16/h1-7H,8-11H2. The first-order chi connectivity index (χ1) is 11.2. The molecule has 0 atom stereocenters. The predicted octanol–water partition coefficient (Wildman–Crippen LogP) is 2.57. The molecular weight excluding hydrogens is 312 g/mol. The zero-order chi connectivity index (χ0) is 16.2. The lowest BCUT2D eigenvalue weighted by Crippen LogP contribution is -2.49. The van der Waals surface area contributed by atoms with Crippen molar-refractivity contribution >= 4 is 23.3 Å². The Hall–Kier alpha value is -2.58. The molecule has 23 heavy (non-hydrogen) atoms. The van der Waals surface area contributed by atoms with Gasteiger partial charge in [-0.3, -0.25) is 4.79 Å². The first-order valence-corrected chi connectivity index (χ1v) is 7.72. The van der Waals surface area contributed by atoms with E-state index < -0.39 is 0 Å². The van der Waals surface area contributed by atoms with E-state index in [1.165, 1.54) is 0 Å². The van der Waals surface area contributed by atoms with Crippen molar-refractivity contribution in [2.45, 2.75) is 0 Å². The molecule has 2 heterocycles. The minimum Gasteiger partial charge on any atom is -0.352 e. The molecule has 2 aromatic rings. The number of rotatable bonds is 2. The molecule has 1 aromatic carbocycles. The van der Waals surface area contributed by atoms with E-state index in [0.29, 0.717) is 48.1 Å². The molecule has 116 valence electrons. The molecule has 0 unspecified atom stereocenters. The van der Waals surface area contributed by atoms with Crippen LogP contribution in [-0.2, 0) is 0 Å². The number of anilines is 1. The van der Waals surface area contributed by atoms with E-state index >= 15 is 0 Å². The third-order valence-electron chi connectivity index (χ3n) is 3.86. The van der Waals surface area contributed by atoms with Crippen LogP contribution in [0, 0.1) is 11.3 Å². The molecule has 0 aliphatic carbocycles. The summed E-state index contributed by atoms with van der Waals surface area (Å²) in [5.74, 6) is 0.691. The molecule has 1 aliphatic rings. The molecule has 1 saturated heterocycles. The molecule has 0 radical (unpaired) electrons. The molecule has 3 rings (SSSR count). The Morgan fingerprint density at radius 2 is 1.83 bits per heavy atom. The summed E-state index contributed by atoms with van der Waals surface area (Å²) in [6, 6.07) is 12.6. The second-order valence-electron chi connectivity index (χ2n) is 5.27. The Kier molecular flexibility index (Phi) is 4.45. The minimum absolute atomic E-state index is 0.00263. The van der Waals surface area contributed by atoms with Crippen LogP contribution in [0.2, 0.25) is 5.02 Å². The van der Waals surface area contributed by atoms with Gasteiger partial charge in [0.15, 0.2) is 0 Å². The van der Waals surface area contributed by atoms with Gasteiger partial charge in [0.1, 0.15) is 11.9 Å². The van der Waals surface area contributed by atoms with Crippen molar-refractivity contribution in [2.75, 3.05) is 31.1 Å². The van der Waals surface area contributed by atoms with E-state index in [9.17, 15) is 4.79 Å². The van der Waals surface area contributed by atoms with Crippen LogP contribution in [0.3, 0.4) is 0 Å². The van der Waals surface area contributed by atoms with Crippen molar-refractivity contribution in [3.63, 3.8) is 0 Å². The van der Waals surface area contributed by atoms with Crippen LogP contribution in [0.4, 0.5) is 5.82 Å². The van der Waals surface area contributed by atoms with E-state index in [0.717, 1.165) is 0 Å². The number of aromatic nitrogens is 1. The lowest BCUT2D eigenvalue weighted by atomic mass is 10.1. The third kappa shape index (κ3) is 3.27. The molecule has 5 nitrogen and oxygen atoms in total. The number of amides is 1. The van der Waals surface area contributed by atoms with Gasteiger partial charge in [0, 0.05) is 43.0 Å². The molecule has 0 bridgehead atoms. The van der Waals surface area contributed by atoms with Gasteiger partial charge in [-0.15, -0.1) is 0 Å². The normalized spacial score (nSPS) is 14.4. The summed E-state index contributed by atoms with van der Waals surface area (Å²) in [5.41, 5.74) is 1.20. The molecule has 1 aromatic heterocycles. The molecule has 1 fully saturated rings. The number of hydrogen-bond acceptors (Lipinski definition) is 4. The number of carbonyl (C=O) groups excluding carboxylic acids is 1. The van der Waals surface area contributed by atoms with Gasteiger partial charge in [-0.05, 0) is 36.4 Å². The maximum Gasteiger partial charge on any atom is 0.253 e. The number of pyridine rings is 1. The summed E-state index contributed by atoms with van der Waals surface area (Å²) in [6.07, 6.45) is 1.68. The summed E-state index contributed by atoms with van der Waals surface area (Å²) in [7, 11) is 0. The highest BCUT2D eigenvalue weighted by Gasteiger charge is 2.24. The highest BCUT2D eigenvalue weighted by molar-refractivity contribution is 6.30. The molecule has 0 N–H and O–H groups in total. The van der Waals surface area contributed by atoms with E-state index in [4.69, 9.17) is 16.9 Å². The second-order valence-corrected chi connectivity index (χ2v) is 5.71. The molecule has 1 aliphatic heterocycles. The second kappa shape index (κ2) is 6.67. The molecule has 0 spiro atoms. The monoisotopic (exact) mass is 326 g/mol. The topological polar surface area (TPSA) is 60.2 Å². The number of benzene rings is 1. The van der Waals surface area contributed by atoms with Gasteiger partial charge in [-0.2, -0.15) is 5.26 Å². The Labute approximate surface area is 139 Å². The molecule has 0 saturated carbocycles. The largest absolute Gasteiger partial charge is 0.352 e. The van der Waals surface area contributed by atoms with Gasteiger partial charge in [0.2, 0.25) is 0 Å². The van der Waals surface area contributed by atoms with E-state index in [1.807, 2.05) is 9.80 Å². The van der Waals surface area contributed by atoms with Gasteiger partial charge in [0.25, 0.3) is 5.91 Å². The third-order valence-corrected chi connectivity index (χ3v) is 4.12. The fraction of sp³-hybridized carbons (Fsp3) is 0.235. The average Bonchev–Trinajstić information content (AvgIpc) is 2.62. The van der Waals surface area contributed by atoms with Crippen LogP contribution in [-0.4, -0.2) is 42.0 Å². The van der Waals surface area contributed by atoms with Crippen molar-refractivity contribution in [3.05, 3.63) is 58.7 Å². The zero-order valence-electron chi connectivity index (χ0n) is 12.4. The van der Waals surface area contributed by atoms with Gasteiger partial charge in [-0.25, -0.2) is 4.98 Å². The van der Waals surface area contributed by atoms with Crippen molar-refractivity contribution in [1.29, 1.82) is 5.26 Å². The van der Waals surface area contributed by atoms with Crippen LogP contribution in [0.15, 0.2) is 42.6 Å². The van der Waals surface area contributed by atoms with Crippen LogP contribution in [0.1, 0.15) is 15.9 Å². The number of hydrogen-bond donors (Lipinski definition) is 0. The fourth-order valence-electron chi connectivity index (χ4n) is 2.63. The number of nitriles is 1. The smallest absolute Gasteiger partial charge is 0.253 e. The van der Waals surface area contributed by atoms with Gasteiger partial charge >= 0.3 is 0 Å². The molecule has 1 amide bonds. The van der Waals surface area contributed by atoms with Crippen LogP contribution < -0.4 is 4.90 Å². The van der Waals surface area contributed by atoms with Crippen molar-refractivity contribution in [2.24, 2.45) is 0 Å². The number of piperazine rings is 1. The molecular formula is C17H15ClN4O. The fourth-order valence-corrected chi connectivity index (χ4v) is 2.76. The summed E-state index contributed by atoms with van der Waals surface area (Å²) in [5, 5.41) is 9.78. The maximum absolute atomic E-state index is 12.5. The van der Waals surface area contributed by atoms with Crippen LogP contribution in [0.25, 0.3) is 0 Å². The number of halogens is 1. The van der Waals surface area contributed by atoms with E-state index in [1.54, 1.807) is 42.6 Å². The summed E-state index contributed by atoms with van der Waals surface area (Å²) < 4.78 is 0. The van der Waals surface area contributed by atoms with Gasteiger partial charge in [-0.1, -0.05) is 11.6 Å². The molecule has 6 heteroatoms. The SMILES string of the molecule is N#Cc1cccnc1N1CCN(C(=O)c2ccc(Cl)cc2)CC1. The average molecular weight is 327 g/mol. The Bertz CT molecular complexity index is 746.